The van der Waals surface area contributed by atoms with E-state index in [1.54, 1.807) is 11.3 Å². The molecule has 7 heteroatoms. The number of nitrogens with zero attached hydrogens (tertiary/aromatic N) is 1. The summed E-state index contributed by atoms with van der Waals surface area (Å²) in [5.41, 5.74) is 3.05. The maximum absolute atomic E-state index is 12.5. The zero-order valence-corrected chi connectivity index (χ0v) is 17.4. The van der Waals surface area contributed by atoms with Gasteiger partial charge in [-0.1, -0.05) is 23.7 Å². The molecule has 138 valence electrons. The molecule has 4 nitrogen and oxygen atoms in total. The first-order valence-electron chi connectivity index (χ1n) is 8.62. The van der Waals surface area contributed by atoms with E-state index in [1.807, 2.05) is 30.3 Å². The van der Waals surface area contributed by atoms with Crippen molar-refractivity contribution in [3.8, 4) is 10.4 Å². The number of fused-ring (bicyclic) bond motifs is 1. The highest BCUT2D eigenvalue weighted by molar-refractivity contribution is 7.22. The first-order chi connectivity index (χ1) is 13.0. The molecule has 1 unspecified atom stereocenters. The predicted molar refractivity (Wildman–Crippen MR) is 114 cm³/mol. The van der Waals surface area contributed by atoms with Crippen molar-refractivity contribution < 1.29 is 4.90 Å². The Kier molecular flexibility index (Phi) is 5.14. The summed E-state index contributed by atoms with van der Waals surface area (Å²) in [6.45, 7) is 3.73. The number of hydrogen-bond acceptors (Lipinski definition) is 4. The third-order valence-electron chi connectivity index (χ3n) is 4.46. The molecule has 0 fully saturated rings. The van der Waals surface area contributed by atoms with E-state index < -0.39 is 0 Å². The van der Waals surface area contributed by atoms with Gasteiger partial charge in [-0.05, 0) is 47.7 Å². The van der Waals surface area contributed by atoms with Gasteiger partial charge in [-0.2, -0.15) is 0 Å². The number of benzene rings is 1. The van der Waals surface area contributed by atoms with E-state index in [9.17, 15) is 4.79 Å². The average molecular weight is 417 g/mol. The molecule has 3 heterocycles. The van der Waals surface area contributed by atoms with Gasteiger partial charge in [-0.3, -0.25) is 4.79 Å². The quantitative estimate of drug-likeness (QED) is 0.518. The summed E-state index contributed by atoms with van der Waals surface area (Å²) in [6.07, 6.45) is 0. The number of aromatic amines is 1. The van der Waals surface area contributed by atoms with Crippen LogP contribution in [0.5, 0.6) is 0 Å². The summed E-state index contributed by atoms with van der Waals surface area (Å²) in [7, 11) is 2.12. The third kappa shape index (κ3) is 3.99. The Morgan fingerprint density at radius 3 is 2.67 bits per heavy atom. The Balaban J connectivity index is 1.60. The Morgan fingerprint density at radius 2 is 1.96 bits per heavy atom. The van der Waals surface area contributed by atoms with Crippen LogP contribution in [0.3, 0.4) is 0 Å². The lowest BCUT2D eigenvalue weighted by Crippen LogP contribution is -3.06. The van der Waals surface area contributed by atoms with E-state index >= 15 is 0 Å². The number of rotatable bonds is 5. The highest BCUT2D eigenvalue weighted by atomic mass is 35.5. The van der Waals surface area contributed by atoms with Gasteiger partial charge in [0.1, 0.15) is 17.8 Å². The summed E-state index contributed by atoms with van der Waals surface area (Å²) in [5.74, 6) is 0.722. The highest BCUT2D eigenvalue weighted by Crippen LogP contribution is 2.31. The molecule has 0 bridgehead atoms. The van der Waals surface area contributed by atoms with E-state index in [4.69, 9.17) is 16.6 Å². The van der Waals surface area contributed by atoms with Crippen LogP contribution in [0.2, 0.25) is 5.02 Å². The summed E-state index contributed by atoms with van der Waals surface area (Å²) in [5, 5.41) is 2.82. The molecule has 2 N–H and O–H groups in total. The topological polar surface area (TPSA) is 50.2 Å². The van der Waals surface area contributed by atoms with Gasteiger partial charge in [0.15, 0.2) is 5.82 Å². The van der Waals surface area contributed by atoms with Crippen molar-refractivity contribution in [1.82, 2.24) is 9.97 Å². The van der Waals surface area contributed by atoms with Crippen LogP contribution in [0, 0.1) is 6.92 Å². The van der Waals surface area contributed by atoms with E-state index in [1.165, 1.54) is 26.7 Å². The normalized spacial score (nSPS) is 12.6. The number of aryl methyl sites for hydroxylation is 1. The van der Waals surface area contributed by atoms with Gasteiger partial charge in [0.2, 0.25) is 0 Å². The third-order valence-corrected chi connectivity index (χ3v) is 6.91. The molecule has 27 heavy (non-hydrogen) atoms. The van der Waals surface area contributed by atoms with Crippen LogP contribution in [-0.4, -0.2) is 17.0 Å². The zero-order chi connectivity index (χ0) is 19.0. The van der Waals surface area contributed by atoms with Gasteiger partial charge in [0.25, 0.3) is 5.56 Å². The zero-order valence-electron chi connectivity index (χ0n) is 15.0. The van der Waals surface area contributed by atoms with Crippen molar-refractivity contribution in [2.45, 2.75) is 20.0 Å². The number of H-pyrrole nitrogens is 1. The van der Waals surface area contributed by atoms with E-state index in [-0.39, 0.29) is 5.56 Å². The van der Waals surface area contributed by atoms with Gasteiger partial charge >= 0.3 is 0 Å². The molecule has 4 aromatic rings. The van der Waals surface area contributed by atoms with Crippen LogP contribution in [0.4, 0.5) is 0 Å². The van der Waals surface area contributed by atoms with Crippen LogP contribution in [0.15, 0.2) is 46.6 Å². The lowest BCUT2D eigenvalue weighted by molar-refractivity contribution is -0.908. The fraction of sp³-hybridized carbons (Fsp3) is 0.200. The number of aromatic nitrogens is 2. The van der Waals surface area contributed by atoms with Crippen LogP contribution in [-0.2, 0) is 13.1 Å². The molecule has 0 radical (unpaired) electrons. The minimum Gasteiger partial charge on any atom is -0.327 e. The lowest BCUT2D eigenvalue weighted by atomic mass is 10.2. The van der Waals surface area contributed by atoms with Gasteiger partial charge in [-0.25, -0.2) is 4.98 Å². The maximum Gasteiger partial charge on any atom is 0.269 e. The number of nitrogens with one attached hydrogen (secondary N) is 2. The van der Waals surface area contributed by atoms with Crippen molar-refractivity contribution in [2.24, 2.45) is 0 Å². The van der Waals surface area contributed by atoms with Gasteiger partial charge in [0, 0.05) is 9.90 Å². The van der Waals surface area contributed by atoms with Crippen LogP contribution in [0.1, 0.15) is 16.3 Å². The smallest absolute Gasteiger partial charge is 0.269 e. The summed E-state index contributed by atoms with van der Waals surface area (Å²) >= 11 is 9.20. The SMILES string of the molecule is Cc1ccsc1C[NH+](C)Cc1nc2cc(-c3ccc(Cl)cc3)sc2c(=O)[nH]1. The molecule has 0 aliphatic carbocycles. The molecule has 0 saturated carbocycles. The van der Waals surface area contributed by atoms with E-state index in [0.29, 0.717) is 16.3 Å². The Labute approximate surface area is 170 Å². The fourth-order valence-electron chi connectivity index (χ4n) is 3.04. The average Bonchev–Trinajstić information content (AvgIpc) is 3.22. The Bertz CT molecular complexity index is 1140. The van der Waals surface area contributed by atoms with Crippen LogP contribution >= 0.6 is 34.3 Å². The summed E-state index contributed by atoms with van der Waals surface area (Å²) in [4.78, 5) is 23.9. The summed E-state index contributed by atoms with van der Waals surface area (Å²) in [6, 6.07) is 11.8. The molecule has 1 aromatic carbocycles. The molecule has 0 spiro atoms. The number of hydrogen-bond donors (Lipinski definition) is 2. The van der Waals surface area contributed by atoms with Crippen LogP contribution in [0.25, 0.3) is 20.7 Å². The van der Waals surface area contributed by atoms with Crippen molar-refractivity contribution in [3.63, 3.8) is 0 Å². The van der Waals surface area contributed by atoms with Gasteiger partial charge in [-0.15, -0.1) is 22.7 Å². The van der Waals surface area contributed by atoms with Crippen molar-refractivity contribution >= 4 is 44.5 Å². The fourth-order valence-corrected chi connectivity index (χ4v) is 5.18. The summed E-state index contributed by atoms with van der Waals surface area (Å²) < 4.78 is 0.662. The highest BCUT2D eigenvalue weighted by Gasteiger charge is 2.14. The number of thiophene rings is 2. The molecule has 0 saturated heterocycles. The molecule has 4 rings (SSSR count). The lowest BCUT2D eigenvalue weighted by Gasteiger charge is -2.12. The maximum atomic E-state index is 12.5. The monoisotopic (exact) mass is 416 g/mol. The molecule has 0 amide bonds. The molecular weight excluding hydrogens is 398 g/mol. The first kappa shape index (κ1) is 18.4. The number of halogens is 1. The first-order valence-corrected chi connectivity index (χ1v) is 10.7. The Morgan fingerprint density at radius 1 is 1.19 bits per heavy atom. The second-order valence-electron chi connectivity index (χ2n) is 6.68. The van der Waals surface area contributed by atoms with E-state index in [2.05, 4.69) is 30.4 Å². The van der Waals surface area contributed by atoms with Crippen molar-refractivity contribution in [2.75, 3.05) is 7.05 Å². The van der Waals surface area contributed by atoms with Crippen molar-refractivity contribution in [1.29, 1.82) is 0 Å². The minimum absolute atomic E-state index is 0.0692. The second kappa shape index (κ2) is 7.56. The minimum atomic E-state index is -0.0692. The van der Waals surface area contributed by atoms with Gasteiger partial charge in [0.05, 0.1) is 17.4 Å². The molecule has 1 atom stereocenters. The number of quaternary nitrogens is 1. The standard InChI is InChI=1S/C20H18ClN3OS2/c1-12-7-8-26-17(12)10-24(2)11-18-22-15-9-16(27-19(15)20(25)23-18)13-3-5-14(21)6-4-13/h3-9H,10-11H2,1-2H3,(H,22,23,25)/p+1. The van der Waals surface area contributed by atoms with E-state index in [0.717, 1.165) is 28.3 Å². The van der Waals surface area contributed by atoms with Crippen molar-refractivity contribution in [3.05, 3.63) is 73.4 Å². The molecule has 3 aromatic heterocycles. The predicted octanol–water partition coefficient (Wildman–Crippen LogP) is 3.89. The Hall–Kier alpha value is -1.99. The molecule has 0 aliphatic rings. The van der Waals surface area contributed by atoms with Crippen LogP contribution < -0.4 is 10.5 Å². The molecule has 0 aliphatic heterocycles. The largest absolute Gasteiger partial charge is 0.327 e. The van der Waals surface area contributed by atoms with Gasteiger partial charge < -0.3 is 9.88 Å². The molecular formula is C20H19ClN3OS2+. The second-order valence-corrected chi connectivity index (χ2v) is 9.17.